The second kappa shape index (κ2) is 5.48. The molecule has 0 aliphatic rings. The molecule has 0 saturated heterocycles. The van der Waals surface area contributed by atoms with E-state index in [9.17, 15) is 4.79 Å². The molecule has 1 aromatic rings. The topological polar surface area (TPSA) is 81.8 Å². The van der Waals surface area contributed by atoms with Crippen LogP contribution in [0.2, 0.25) is 0 Å². The highest BCUT2D eigenvalue weighted by Crippen LogP contribution is 2.28. The fraction of sp³-hybridized carbons (Fsp3) is 0.364. The number of hydrogen-bond acceptors (Lipinski definition) is 4. The lowest BCUT2D eigenvalue weighted by atomic mass is 10.0. The number of hydrogen-bond donors (Lipinski definition) is 2. The van der Waals surface area contributed by atoms with E-state index in [2.05, 4.69) is 0 Å². The Bertz CT molecular complexity index is 378. The highest BCUT2D eigenvalue weighted by Gasteiger charge is 2.20. The molecule has 88 valence electrons. The Hall–Kier alpha value is -1.59. The summed E-state index contributed by atoms with van der Waals surface area (Å²) >= 11 is 0. The molecule has 1 rings (SSSR count). The first-order valence-electron chi connectivity index (χ1n) is 4.75. The van der Waals surface area contributed by atoms with Gasteiger partial charge in [-0.15, -0.1) is 0 Å². The zero-order valence-corrected chi connectivity index (χ0v) is 9.27. The van der Waals surface area contributed by atoms with Crippen LogP contribution < -0.4 is 10.5 Å². The number of ether oxygens (including phenoxy) is 2. The summed E-state index contributed by atoms with van der Waals surface area (Å²) in [6.07, 6.45) is 0. The molecular formula is C11H15NO4. The molecule has 5 heteroatoms. The van der Waals surface area contributed by atoms with Gasteiger partial charge in [0.05, 0.1) is 13.7 Å². The van der Waals surface area contributed by atoms with E-state index in [1.807, 2.05) is 0 Å². The number of para-hydroxylation sites is 1. The predicted octanol–water partition coefficient (Wildman–Crippen LogP) is 0.926. The van der Waals surface area contributed by atoms with E-state index in [4.69, 9.17) is 20.3 Å². The van der Waals surface area contributed by atoms with Crippen molar-refractivity contribution in [3.8, 4) is 5.75 Å². The highest BCUT2D eigenvalue weighted by molar-refractivity contribution is 5.76. The number of carbonyl (C=O) groups is 1. The molecule has 0 spiro atoms. The molecule has 0 fully saturated rings. The first-order valence-corrected chi connectivity index (χ1v) is 4.75. The third-order valence-electron chi connectivity index (χ3n) is 2.23. The number of aliphatic carboxylic acids is 1. The minimum Gasteiger partial charge on any atom is -0.496 e. The van der Waals surface area contributed by atoms with E-state index in [0.717, 1.165) is 5.56 Å². The smallest absolute Gasteiger partial charge is 0.325 e. The maximum Gasteiger partial charge on any atom is 0.325 e. The third-order valence-corrected chi connectivity index (χ3v) is 2.23. The first kappa shape index (κ1) is 12.5. The van der Waals surface area contributed by atoms with Crippen molar-refractivity contribution in [2.75, 3.05) is 14.2 Å². The number of nitrogens with two attached hydrogens (primary N) is 1. The van der Waals surface area contributed by atoms with Crippen LogP contribution >= 0.6 is 0 Å². The average Bonchev–Trinajstić information content (AvgIpc) is 2.28. The van der Waals surface area contributed by atoms with Gasteiger partial charge in [-0.25, -0.2) is 0 Å². The van der Waals surface area contributed by atoms with Crippen molar-refractivity contribution < 1.29 is 19.4 Å². The Morgan fingerprint density at radius 1 is 1.50 bits per heavy atom. The number of benzene rings is 1. The van der Waals surface area contributed by atoms with Gasteiger partial charge in [0.15, 0.2) is 0 Å². The van der Waals surface area contributed by atoms with Crippen molar-refractivity contribution in [2.24, 2.45) is 5.73 Å². The van der Waals surface area contributed by atoms with E-state index in [0.29, 0.717) is 17.9 Å². The Labute approximate surface area is 93.8 Å². The molecule has 0 aliphatic carbocycles. The van der Waals surface area contributed by atoms with Gasteiger partial charge >= 0.3 is 5.97 Å². The van der Waals surface area contributed by atoms with Crippen LogP contribution in [0.25, 0.3) is 0 Å². The lowest BCUT2D eigenvalue weighted by Gasteiger charge is -2.15. The van der Waals surface area contributed by atoms with Crippen molar-refractivity contribution in [3.05, 3.63) is 29.3 Å². The van der Waals surface area contributed by atoms with E-state index in [1.54, 1.807) is 25.3 Å². The maximum atomic E-state index is 10.8. The molecule has 0 radical (unpaired) electrons. The SMILES string of the molecule is COCc1cccc(C(N)C(=O)O)c1OC. The van der Waals surface area contributed by atoms with Crippen molar-refractivity contribution >= 4 is 5.97 Å². The van der Waals surface area contributed by atoms with Crippen molar-refractivity contribution in [1.82, 2.24) is 0 Å². The first-order chi connectivity index (χ1) is 7.61. The van der Waals surface area contributed by atoms with E-state index in [1.165, 1.54) is 7.11 Å². The molecule has 0 saturated carbocycles. The summed E-state index contributed by atoms with van der Waals surface area (Å²) in [4.78, 5) is 10.8. The average molecular weight is 225 g/mol. The predicted molar refractivity (Wildman–Crippen MR) is 58.3 cm³/mol. The van der Waals surface area contributed by atoms with Crippen LogP contribution in [0.4, 0.5) is 0 Å². The van der Waals surface area contributed by atoms with Crippen LogP contribution in [0.5, 0.6) is 5.75 Å². The number of methoxy groups -OCH3 is 2. The van der Waals surface area contributed by atoms with Gasteiger partial charge in [-0.1, -0.05) is 18.2 Å². The van der Waals surface area contributed by atoms with Crippen LogP contribution in [0.15, 0.2) is 18.2 Å². The van der Waals surface area contributed by atoms with Crippen molar-refractivity contribution in [1.29, 1.82) is 0 Å². The Morgan fingerprint density at radius 3 is 2.69 bits per heavy atom. The molecule has 1 unspecified atom stereocenters. The summed E-state index contributed by atoms with van der Waals surface area (Å²) in [5.74, 6) is -0.618. The van der Waals surface area contributed by atoms with Crippen LogP contribution in [0.3, 0.4) is 0 Å². The summed E-state index contributed by atoms with van der Waals surface area (Å²) < 4.78 is 10.2. The number of rotatable bonds is 5. The van der Waals surface area contributed by atoms with Gasteiger partial charge in [-0.05, 0) is 0 Å². The molecule has 16 heavy (non-hydrogen) atoms. The Kier molecular flexibility index (Phi) is 4.28. The Morgan fingerprint density at radius 2 is 2.19 bits per heavy atom. The molecule has 0 amide bonds. The molecule has 1 aromatic carbocycles. The van der Waals surface area contributed by atoms with E-state index < -0.39 is 12.0 Å². The lowest BCUT2D eigenvalue weighted by molar-refractivity contribution is -0.138. The van der Waals surface area contributed by atoms with Gasteiger partial charge in [0.25, 0.3) is 0 Å². The summed E-state index contributed by atoms with van der Waals surface area (Å²) in [5.41, 5.74) is 6.78. The molecule has 3 N–H and O–H groups in total. The Balaban J connectivity index is 3.17. The molecule has 1 atom stereocenters. The van der Waals surface area contributed by atoms with E-state index in [-0.39, 0.29) is 0 Å². The summed E-state index contributed by atoms with van der Waals surface area (Å²) in [7, 11) is 3.04. The maximum absolute atomic E-state index is 10.8. The van der Waals surface area contributed by atoms with Crippen LogP contribution in [-0.4, -0.2) is 25.3 Å². The fourth-order valence-corrected chi connectivity index (χ4v) is 1.50. The molecule has 5 nitrogen and oxygen atoms in total. The van der Waals surface area contributed by atoms with Crippen molar-refractivity contribution in [2.45, 2.75) is 12.6 Å². The summed E-state index contributed by atoms with van der Waals surface area (Å²) in [5, 5.41) is 8.86. The standard InChI is InChI=1S/C11H15NO4/c1-15-6-7-4-3-5-8(10(7)16-2)9(12)11(13)14/h3-5,9H,6,12H2,1-2H3,(H,13,14). The van der Waals surface area contributed by atoms with Crippen LogP contribution in [-0.2, 0) is 16.1 Å². The normalized spacial score (nSPS) is 12.2. The summed E-state index contributed by atoms with van der Waals surface area (Å²) in [6.45, 7) is 0.351. The van der Waals surface area contributed by atoms with Gasteiger partial charge in [-0.2, -0.15) is 0 Å². The van der Waals surface area contributed by atoms with Gasteiger partial charge < -0.3 is 20.3 Å². The van der Waals surface area contributed by atoms with Crippen LogP contribution in [0, 0.1) is 0 Å². The highest BCUT2D eigenvalue weighted by atomic mass is 16.5. The lowest BCUT2D eigenvalue weighted by Crippen LogP contribution is -2.21. The zero-order chi connectivity index (χ0) is 12.1. The van der Waals surface area contributed by atoms with Crippen molar-refractivity contribution in [3.63, 3.8) is 0 Å². The monoisotopic (exact) mass is 225 g/mol. The molecule has 0 heterocycles. The third kappa shape index (κ3) is 2.50. The number of carboxylic acid groups (broad SMARTS) is 1. The molecular weight excluding hydrogens is 210 g/mol. The molecule has 0 aromatic heterocycles. The second-order valence-corrected chi connectivity index (χ2v) is 3.29. The number of carboxylic acids is 1. The van der Waals surface area contributed by atoms with Gasteiger partial charge in [-0.3, -0.25) is 4.79 Å². The van der Waals surface area contributed by atoms with Gasteiger partial charge in [0.1, 0.15) is 11.8 Å². The fourth-order valence-electron chi connectivity index (χ4n) is 1.50. The van der Waals surface area contributed by atoms with Gasteiger partial charge in [0, 0.05) is 18.2 Å². The summed E-state index contributed by atoms with van der Waals surface area (Å²) in [6, 6.07) is 4.08. The van der Waals surface area contributed by atoms with E-state index >= 15 is 0 Å². The molecule has 0 bridgehead atoms. The second-order valence-electron chi connectivity index (χ2n) is 3.29. The van der Waals surface area contributed by atoms with Crippen LogP contribution in [0.1, 0.15) is 17.2 Å². The largest absolute Gasteiger partial charge is 0.496 e. The molecule has 0 aliphatic heterocycles. The minimum absolute atomic E-state index is 0.351. The quantitative estimate of drug-likeness (QED) is 0.778. The zero-order valence-electron chi connectivity index (χ0n) is 9.27. The van der Waals surface area contributed by atoms with Gasteiger partial charge in [0.2, 0.25) is 0 Å². The minimum atomic E-state index is -1.09.